The maximum atomic E-state index is 9.56. The number of hydrogen-bond donors (Lipinski definition) is 2. The summed E-state index contributed by atoms with van der Waals surface area (Å²) in [5.74, 6) is 0. The van der Waals surface area contributed by atoms with Crippen molar-refractivity contribution in [3.8, 4) is 0 Å². The lowest BCUT2D eigenvalue weighted by Crippen LogP contribution is -2.50. The first-order valence-electron chi connectivity index (χ1n) is 6.12. The number of aliphatic hydroxyl groups is 1. The van der Waals surface area contributed by atoms with E-state index in [9.17, 15) is 5.11 Å². The Hall–Kier alpha value is -0.120. The summed E-state index contributed by atoms with van der Waals surface area (Å²) >= 11 is 0. The molecule has 0 spiro atoms. The van der Waals surface area contributed by atoms with E-state index in [2.05, 4.69) is 38.0 Å². The molecule has 0 aromatic carbocycles. The SMILES string of the molecule is CCN(C)C1CCC(CO)(NC(C)C)C1. The van der Waals surface area contributed by atoms with E-state index in [4.69, 9.17) is 0 Å². The van der Waals surface area contributed by atoms with Crippen LogP contribution in [0.15, 0.2) is 0 Å². The third-order valence-electron chi connectivity index (χ3n) is 3.60. The van der Waals surface area contributed by atoms with Gasteiger partial charge in [-0.15, -0.1) is 0 Å². The van der Waals surface area contributed by atoms with E-state index in [1.165, 1.54) is 6.42 Å². The molecule has 15 heavy (non-hydrogen) atoms. The summed E-state index contributed by atoms with van der Waals surface area (Å²) in [4.78, 5) is 2.39. The molecule has 2 N–H and O–H groups in total. The first kappa shape index (κ1) is 12.9. The lowest BCUT2D eigenvalue weighted by atomic mass is 9.97. The molecule has 0 bridgehead atoms. The summed E-state index contributed by atoms with van der Waals surface area (Å²) in [6.45, 7) is 7.84. The molecule has 0 aromatic rings. The molecule has 1 aliphatic rings. The van der Waals surface area contributed by atoms with Gasteiger partial charge in [0, 0.05) is 17.6 Å². The molecular formula is C12H26N2O. The van der Waals surface area contributed by atoms with Crippen LogP contribution in [0.5, 0.6) is 0 Å². The molecule has 1 fully saturated rings. The molecule has 2 unspecified atom stereocenters. The van der Waals surface area contributed by atoms with Crippen LogP contribution in [0.25, 0.3) is 0 Å². The quantitative estimate of drug-likeness (QED) is 0.722. The van der Waals surface area contributed by atoms with Crippen molar-refractivity contribution >= 4 is 0 Å². The van der Waals surface area contributed by atoms with Gasteiger partial charge in [0.2, 0.25) is 0 Å². The highest BCUT2D eigenvalue weighted by Gasteiger charge is 2.39. The molecule has 0 heterocycles. The zero-order chi connectivity index (χ0) is 11.5. The van der Waals surface area contributed by atoms with Crippen molar-refractivity contribution in [3.63, 3.8) is 0 Å². The molecule has 0 amide bonds. The van der Waals surface area contributed by atoms with Crippen LogP contribution in [0.3, 0.4) is 0 Å². The lowest BCUT2D eigenvalue weighted by Gasteiger charge is -2.32. The van der Waals surface area contributed by atoms with Crippen LogP contribution in [-0.2, 0) is 0 Å². The second-order valence-corrected chi connectivity index (χ2v) is 5.21. The Morgan fingerprint density at radius 1 is 1.53 bits per heavy atom. The van der Waals surface area contributed by atoms with E-state index >= 15 is 0 Å². The number of aliphatic hydroxyl groups excluding tert-OH is 1. The van der Waals surface area contributed by atoms with Crippen LogP contribution in [0, 0.1) is 0 Å². The number of nitrogens with zero attached hydrogens (tertiary/aromatic N) is 1. The number of hydrogen-bond acceptors (Lipinski definition) is 3. The standard InChI is InChI=1S/C12H26N2O/c1-5-14(4)11-6-7-12(8-11,9-15)13-10(2)3/h10-11,13,15H,5-9H2,1-4H3. The molecule has 0 aliphatic heterocycles. The first-order valence-corrected chi connectivity index (χ1v) is 6.12. The third-order valence-corrected chi connectivity index (χ3v) is 3.60. The molecule has 0 aromatic heterocycles. The molecule has 2 atom stereocenters. The van der Waals surface area contributed by atoms with E-state index in [-0.39, 0.29) is 12.1 Å². The van der Waals surface area contributed by atoms with Crippen LogP contribution in [0.2, 0.25) is 0 Å². The zero-order valence-electron chi connectivity index (χ0n) is 10.6. The van der Waals surface area contributed by atoms with E-state index < -0.39 is 0 Å². The van der Waals surface area contributed by atoms with Crippen molar-refractivity contribution in [2.24, 2.45) is 0 Å². The van der Waals surface area contributed by atoms with E-state index in [1.807, 2.05) is 0 Å². The normalized spacial score (nSPS) is 31.8. The topological polar surface area (TPSA) is 35.5 Å². The number of nitrogens with one attached hydrogen (secondary N) is 1. The van der Waals surface area contributed by atoms with Gasteiger partial charge < -0.3 is 15.3 Å². The second-order valence-electron chi connectivity index (χ2n) is 5.21. The van der Waals surface area contributed by atoms with Crippen molar-refractivity contribution in [3.05, 3.63) is 0 Å². The number of rotatable bonds is 5. The Kier molecular flexibility index (Phi) is 4.56. The summed E-state index contributed by atoms with van der Waals surface area (Å²) in [6.07, 6.45) is 3.37. The van der Waals surface area contributed by atoms with Gasteiger partial charge in [-0.25, -0.2) is 0 Å². The predicted molar refractivity (Wildman–Crippen MR) is 64.0 cm³/mol. The molecule has 0 saturated heterocycles. The van der Waals surface area contributed by atoms with Crippen molar-refractivity contribution in [1.82, 2.24) is 10.2 Å². The molecule has 0 radical (unpaired) electrons. The summed E-state index contributed by atoms with van der Waals surface area (Å²) < 4.78 is 0. The van der Waals surface area contributed by atoms with Crippen molar-refractivity contribution in [2.75, 3.05) is 20.2 Å². The molecule has 1 rings (SSSR count). The third kappa shape index (κ3) is 3.16. The van der Waals surface area contributed by atoms with Crippen molar-refractivity contribution in [2.45, 2.75) is 57.7 Å². The van der Waals surface area contributed by atoms with Crippen LogP contribution in [0.4, 0.5) is 0 Å². The van der Waals surface area contributed by atoms with Gasteiger partial charge >= 0.3 is 0 Å². The largest absolute Gasteiger partial charge is 0.394 e. The van der Waals surface area contributed by atoms with Gasteiger partial charge in [-0.2, -0.15) is 0 Å². The van der Waals surface area contributed by atoms with Gasteiger partial charge in [0.25, 0.3) is 0 Å². The maximum Gasteiger partial charge on any atom is 0.0614 e. The Labute approximate surface area is 93.9 Å². The van der Waals surface area contributed by atoms with Crippen molar-refractivity contribution < 1.29 is 5.11 Å². The van der Waals surface area contributed by atoms with E-state index in [0.717, 1.165) is 19.4 Å². The Morgan fingerprint density at radius 2 is 2.20 bits per heavy atom. The minimum Gasteiger partial charge on any atom is -0.394 e. The van der Waals surface area contributed by atoms with Crippen LogP contribution >= 0.6 is 0 Å². The second kappa shape index (κ2) is 5.28. The summed E-state index contributed by atoms with van der Waals surface area (Å²) in [5.41, 5.74) is -0.0255. The van der Waals surface area contributed by atoms with Crippen LogP contribution in [0.1, 0.15) is 40.0 Å². The molecule has 3 heteroatoms. The van der Waals surface area contributed by atoms with Crippen LogP contribution < -0.4 is 5.32 Å². The summed E-state index contributed by atoms with van der Waals surface area (Å²) in [5, 5.41) is 13.1. The fourth-order valence-electron chi connectivity index (χ4n) is 2.67. The smallest absolute Gasteiger partial charge is 0.0614 e. The highest BCUT2D eigenvalue weighted by molar-refractivity contribution is 4.99. The fraction of sp³-hybridized carbons (Fsp3) is 1.00. The highest BCUT2D eigenvalue weighted by Crippen LogP contribution is 2.32. The van der Waals surface area contributed by atoms with E-state index in [0.29, 0.717) is 12.1 Å². The van der Waals surface area contributed by atoms with Crippen LogP contribution in [-0.4, -0.2) is 47.8 Å². The van der Waals surface area contributed by atoms with Gasteiger partial charge in [-0.3, -0.25) is 0 Å². The Morgan fingerprint density at radius 3 is 2.67 bits per heavy atom. The Balaban J connectivity index is 2.56. The predicted octanol–water partition coefficient (Wildman–Crippen LogP) is 1.22. The minimum atomic E-state index is -0.0255. The first-order chi connectivity index (χ1) is 7.03. The highest BCUT2D eigenvalue weighted by atomic mass is 16.3. The van der Waals surface area contributed by atoms with Crippen molar-refractivity contribution in [1.29, 1.82) is 0 Å². The van der Waals surface area contributed by atoms with Gasteiger partial charge in [0.05, 0.1) is 6.61 Å². The van der Waals surface area contributed by atoms with Gasteiger partial charge in [0.15, 0.2) is 0 Å². The monoisotopic (exact) mass is 214 g/mol. The maximum absolute atomic E-state index is 9.56. The summed E-state index contributed by atoms with van der Waals surface area (Å²) in [6, 6.07) is 1.08. The van der Waals surface area contributed by atoms with Gasteiger partial charge in [0.1, 0.15) is 0 Å². The zero-order valence-corrected chi connectivity index (χ0v) is 10.6. The van der Waals surface area contributed by atoms with E-state index in [1.54, 1.807) is 0 Å². The fourth-order valence-corrected chi connectivity index (χ4v) is 2.67. The molecular weight excluding hydrogens is 188 g/mol. The molecule has 3 nitrogen and oxygen atoms in total. The average Bonchev–Trinajstić information content (AvgIpc) is 2.61. The van der Waals surface area contributed by atoms with Gasteiger partial charge in [-0.05, 0) is 32.9 Å². The minimum absolute atomic E-state index is 0.0255. The molecule has 90 valence electrons. The Bertz CT molecular complexity index is 196. The summed E-state index contributed by atoms with van der Waals surface area (Å²) in [7, 11) is 2.17. The van der Waals surface area contributed by atoms with Gasteiger partial charge in [-0.1, -0.05) is 20.8 Å². The molecule has 1 aliphatic carbocycles. The average molecular weight is 214 g/mol. The molecule has 1 saturated carbocycles. The lowest BCUT2D eigenvalue weighted by molar-refractivity contribution is 0.143.